The van der Waals surface area contributed by atoms with Crippen molar-refractivity contribution in [3.8, 4) is 0 Å². The van der Waals surface area contributed by atoms with Gasteiger partial charge >= 0.3 is 0 Å². The predicted molar refractivity (Wildman–Crippen MR) is 97.6 cm³/mol. The van der Waals surface area contributed by atoms with Crippen molar-refractivity contribution in [3.05, 3.63) is 45.7 Å². The van der Waals surface area contributed by atoms with Gasteiger partial charge < -0.3 is 9.47 Å². The van der Waals surface area contributed by atoms with E-state index in [1.54, 1.807) is 11.3 Å². The normalized spacial score (nSPS) is 22.9. The highest BCUT2D eigenvalue weighted by atomic mass is 32.1. The zero-order chi connectivity index (χ0) is 17.3. The van der Waals surface area contributed by atoms with E-state index in [0.717, 1.165) is 49.7 Å². The van der Waals surface area contributed by atoms with Gasteiger partial charge in [-0.3, -0.25) is 9.88 Å². The molecular formula is C19H25N3O2S. The molecule has 1 spiro atoms. The third-order valence-electron chi connectivity index (χ3n) is 4.94. The van der Waals surface area contributed by atoms with Crippen molar-refractivity contribution in [3.63, 3.8) is 0 Å². The largest absolute Gasteiger partial charge is 0.373 e. The number of pyridine rings is 1. The second-order valence-electron chi connectivity index (χ2n) is 7.33. The van der Waals surface area contributed by atoms with Crippen LogP contribution in [0.15, 0.2) is 23.8 Å². The number of nitrogens with zero attached hydrogens (tertiary/aromatic N) is 3. The molecule has 0 bridgehead atoms. The lowest BCUT2D eigenvalue weighted by molar-refractivity contribution is -0.200. The second kappa shape index (κ2) is 7.11. The minimum Gasteiger partial charge on any atom is -0.373 e. The first-order chi connectivity index (χ1) is 12.1. The van der Waals surface area contributed by atoms with E-state index in [1.165, 1.54) is 11.3 Å². The summed E-state index contributed by atoms with van der Waals surface area (Å²) in [5.41, 5.74) is 3.48. The Kier molecular flexibility index (Phi) is 4.86. The molecule has 2 aliphatic heterocycles. The molecule has 2 aromatic heterocycles. The summed E-state index contributed by atoms with van der Waals surface area (Å²) < 4.78 is 12.3. The van der Waals surface area contributed by atoms with Crippen LogP contribution in [-0.4, -0.2) is 46.3 Å². The molecule has 0 radical (unpaired) electrons. The fourth-order valence-electron chi connectivity index (χ4n) is 3.85. The Morgan fingerprint density at radius 1 is 1.36 bits per heavy atom. The van der Waals surface area contributed by atoms with Gasteiger partial charge in [0.25, 0.3) is 0 Å². The maximum Gasteiger partial charge on any atom is 0.0959 e. The minimum absolute atomic E-state index is 0.0150. The quantitative estimate of drug-likeness (QED) is 0.821. The SMILES string of the molecule is Cc1cncc(CO[C@@H]2CCOC3(C2)CN(Cc2csc(C)n2)C3)c1. The molecule has 4 rings (SSSR count). The molecule has 25 heavy (non-hydrogen) atoms. The Bertz CT molecular complexity index is 727. The van der Waals surface area contributed by atoms with Crippen LogP contribution in [0.3, 0.4) is 0 Å². The number of thiazole rings is 1. The van der Waals surface area contributed by atoms with Crippen LogP contribution in [-0.2, 0) is 22.6 Å². The zero-order valence-corrected chi connectivity index (χ0v) is 15.7. The molecule has 2 aromatic rings. The molecule has 0 saturated carbocycles. The number of hydrogen-bond donors (Lipinski definition) is 0. The van der Waals surface area contributed by atoms with Crippen LogP contribution >= 0.6 is 11.3 Å². The Morgan fingerprint density at radius 2 is 2.24 bits per heavy atom. The Morgan fingerprint density at radius 3 is 3.00 bits per heavy atom. The highest BCUT2D eigenvalue weighted by molar-refractivity contribution is 7.09. The number of rotatable bonds is 5. The summed E-state index contributed by atoms with van der Waals surface area (Å²) in [4.78, 5) is 11.2. The summed E-state index contributed by atoms with van der Waals surface area (Å²) >= 11 is 1.72. The maximum atomic E-state index is 6.16. The predicted octanol–water partition coefficient (Wildman–Crippen LogP) is 3.11. The van der Waals surface area contributed by atoms with Gasteiger partial charge in [-0.2, -0.15) is 0 Å². The second-order valence-corrected chi connectivity index (χ2v) is 8.39. The fraction of sp³-hybridized carbons (Fsp3) is 0.579. The van der Waals surface area contributed by atoms with Gasteiger partial charge in [-0.25, -0.2) is 4.98 Å². The number of aromatic nitrogens is 2. The standard InChI is InChI=1S/C19H25N3O2S/c1-14-5-16(8-20-7-14)10-23-18-3-4-24-19(6-18)12-22(13-19)9-17-11-25-15(2)21-17/h5,7-8,11,18H,3-4,6,9-10,12-13H2,1-2H3/t18-/m1/s1. The molecule has 0 aromatic carbocycles. The lowest BCUT2D eigenvalue weighted by Gasteiger charge is -2.53. The highest BCUT2D eigenvalue weighted by Crippen LogP contribution is 2.36. The molecule has 2 saturated heterocycles. The van der Waals surface area contributed by atoms with Crippen LogP contribution in [0.2, 0.25) is 0 Å². The van der Waals surface area contributed by atoms with Gasteiger partial charge in [0, 0.05) is 50.4 Å². The summed E-state index contributed by atoms with van der Waals surface area (Å²) in [5, 5.41) is 3.29. The van der Waals surface area contributed by atoms with Crippen molar-refractivity contribution in [1.82, 2.24) is 14.9 Å². The van der Waals surface area contributed by atoms with Gasteiger partial charge in [0.15, 0.2) is 0 Å². The summed E-state index contributed by atoms with van der Waals surface area (Å²) in [6, 6.07) is 2.14. The van der Waals surface area contributed by atoms with Crippen molar-refractivity contribution in [2.24, 2.45) is 0 Å². The van der Waals surface area contributed by atoms with Crippen LogP contribution < -0.4 is 0 Å². The van der Waals surface area contributed by atoms with Gasteiger partial charge in [-0.05, 0) is 31.4 Å². The summed E-state index contributed by atoms with van der Waals surface area (Å²) in [6.45, 7) is 8.44. The average Bonchev–Trinajstić information content (AvgIpc) is 2.97. The Hall–Kier alpha value is -1.34. The first-order valence-electron chi connectivity index (χ1n) is 8.90. The van der Waals surface area contributed by atoms with Crippen molar-refractivity contribution in [1.29, 1.82) is 0 Å². The van der Waals surface area contributed by atoms with E-state index in [4.69, 9.17) is 9.47 Å². The molecule has 0 unspecified atom stereocenters. The molecule has 5 nitrogen and oxygen atoms in total. The first kappa shape index (κ1) is 17.1. The van der Waals surface area contributed by atoms with Crippen molar-refractivity contribution >= 4 is 11.3 Å². The molecule has 1 atom stereocenters. The lowest BCUT2D eigenvalue weighted by atomic mass is 9.84. The third-order valence-corrected chi connectivity index (χ3v) is 5.76. The minimum atomic E-state index is -0.0150. The lowest BCUT2D eigenvalue weighted by Crippen LogP contribution is -2.65. The van der Waals surface area contributed by atoms with Crippen molar-refractivity contribution in [2.75, 3.05) is 19.7 Å². The van der Waals surface area contributed by atoms with Crippen LogP contribution in [0.5, 0.6) is 0 Å². The molecule has 4 heterocycles. The molecule has 2 aliphatic rings. The van der Waals surface area contributed by atoms with Crippen LogP contribution in [0.1, 0.15) is 34.7 Å². The number of ether oxygens (including phenoxy) is 2. The van der Waals surface area contributed by atoms with Gasteiger partial charge in [0.05, 0.1) is 29.0 Å². The molecule has 6 heteroatoms. The van der Waals surface area contributed by atoms with E-state index in [-0.39, 0.29) is 11.7 Å². The van der Waals surface area contributed by atoms with Crippen LogP contribution in [0.4, 0.5) is 0 Å². The van der Waals surface area contributed by atoms with Gasteiger partial charge in [0.2, 0.25) is 0 Å². The summed E-state index contributed by atoms with van der Waals surface area (Å²) in [5.74, 6) is 0. The fourth-order valence-corrected chi connectivity index (χ4v) is 4.45. The smallest absolute Gasteiger partial charge is 0.0959 e. The van der Waals surface area contributed by atoms with E-state index < -0.39 is 0 Å². The first-order valence-corrected chi connectivity index (χ1v) is 9.78. The van der Waals surface area contributed by atoms with E-state index in [1.807, 2.05) is 12.4 Å². The molecule has 2 fully saturated rings. The molecule has 0 N–H and O–H groups in total. The van der Waals surface area contributed by atoms with Crippen LogP contribution in [0.25, 0.3) is 0 Å². The van der Waals surface area contributed by atoms with Crippen molar-refractivity contribution in [2.45, 2.75) is 51.5 Å². The van der Waals surface area contributed by atoms with Gasteiger partial charge in [0.1, 0.15) is 0 Å². The van der Waals surface area contributed by atoms with Gasteiger partial charge in [-0.15, -0.1) is 11.3 Å². The van der Waals surface area contributed by atoms with Crippen LogP contribution in [0, 0.1) is 13.8 Å². The monoisotopic (exact) mass is 359 g/mol. The summed E-state index contributed by atoms with van der Waals surface area (Å²) in [7, 11) is 0. The molecule has 0 amide bonds. The number of hydrogen-bond acceptors (Lipinski definition) is 6. The molecule has 134 valence electrons. The maximum absolute atomic E-state index is 6.16. The third kappa shape index (κ3) is 4.08. The topological polar surface area (TPSA) is 47.5 Å². The number of likely N-dealkylation sites (tertiary alicyclic amines) is 1. The molecule has 0 aliphatic carbocycles. The van der Waals surface area contributed by atoms with Crippen molar-refractivity contribution < 1.29 is 9.47 Å². The van der Waals surface area contributed by atoms with E-state index in [2.05, 4.69) is 40.2 Å². The molecular weight excluding hydrogens is 334 g/mol. The van der Waals surface area contributed by atoms with E-state index in [9.17, 15) is 0 Å². The Balaban J connectivity index is 1.27. The summed E-state index contributed by atoms with van der Waals surface area (Å²) in [6.07, 6.45) is 6.01. The van der Waals surface area contributed by atoms with Gasteiger partial charge in [-0.1, -0.05) is 6.07 Å². The number of aryl methyl sites for hydroxylation is 2. The zero-order valence-electron chi connectivity index (χ0n) is 14.9. The van der Waals surface area contributed by atoms with E-state index >= 15 is 0 Å². The highest BCUT2D eigenvalue weighted by Gasteiger charge is 2.47. The Labute approximate surface area is 153 Å². The average molecular weight is 359 g/mol. The van der Waals surface area contributed by atoms with E-state index in [0.29, 0.717) is 6.61 Å².